The van der Waals surface area contributed by atoms with Crippen LogP contribution in [0.15, 0.2) is 29.1 Å². The van der Waals surface area contributed by atoms with Crippen LogP contribution >= 0.6 is 0 Å². The first-order valence-electron chi connectivity index (χ1n) is 5.85. The van der Waals surface area contributed by atoms with Gasteiger partial charge in [-0.1, -0.05) is 0 Å². The quantitative estimate of drug-likeness (QED) is 0.736. The van der Waals surface area contributed by atoms with Gasteiger partial charge in [-0.25, -0.2) is 0 Å². The number of anilines is 1. The van der Waals surface area contributed by atoms with E-state index in [2.05, 4.69) is 5.10 Å². The maximum atomic E-state index is 12.7. The molecule has 23 heavy (non-hydrogen) atoms. The van der Waals surface area contributed by atoms with Gasteiger partial charge in [-0.05, 0) is 18.2 Å². The maximum absolute atomic E-state index is 12.7. The Bertz CT molecular complexity index is 755. The maximum Gasteiger partial charge on any atom is 0.416 e. The van der Waals surface area contributed by atoms with Crippen molar-refractivity contribution in [2.75, 3.05) is 5.32 Å². The van der Waals surface area contributed by atoms with Crippen molar-refractivity contribution < 1.29 is 31.1 Å². The first kappa shape index (κ1) is 16.6. The number of carbonyl (C=O) groups excluding carboxylic acids is 1. The van der Waals surface area contributed by atoms with Crippen LogP contribution in [0.1, 0.15) is 21.6 Å². The number of H-pyrrole nitrogens is 2. The highest BCUT2D eigenvalue weighted by Gasteiger charge is 2.37. The van der Waals surface area contributed by atoms with E-state index in [1.54, 1.807) is 0 Å². The number of carbonyl (C=O) groups is 1. The molecule has 1 aromatic heterocycles. The molecule has 0 unspecified atom stereocenters. The average molecular weight is 339 g/mol. The summed E-state index contributed by atoms with van der Waals surface area (Å²) < 4.78 is 76.0. The van der Waals surface area contributed by atoms with E-state index in [-0.39, 0.29) is 11.8 Å². The average Bonchev–Trinajstić information content (AvgIpc) is 2.83. The standard InChI is InChI=1S/C12H7F6N3O2/c13-11(14,15)5-1-6(12(16,17)18)3-7(2-5)19-10(23)8-4-9(22)21-20-8/h1-4H,(H,19,23)(H2,20,21,22). The molecule has 0 aliphatic rings. The monoisotopic (exact) mass is 339 g/mol. The molecular formula is C12H7F6N3O2. The third kappa shape index (κ3) is 3.93. The fourth-order valence-electron chi connectivity index (χ4n) is 1.68. The van der Waals surface area contributed by atoms with E-state index in [1.165, 1.54) is 0 Å². The Labute approximate surface area is 123 Å². The number of hydrogen-bond acceptors (Lipinski definition) is 2. The van der Waals surface area contributed by atoms with E-state index in [1.807, 2.05) is 10.4 Å². The number of aromatic amines is 2. The van der Waals surface area contributed by atoms with Crippen molar-refractivity contribution in [3.8, 4) is 0 Å². The van der Waals surface area contributed by atoms with Gasteiger partial charge in [0.2, 0.25) is 0 Å². The van der Waals surface area contributed by atoms with Gasteiger partial charge in [-0.3, -0.25) is 19.8 Å². The van der Waals surface area contributed by atoms with Gasteiger partial charge >= 0.3 is 12.4 Å². The Morgan fingerprint density at radius 2 is 1.39 bits per heavy atom. The van der Waals surface area contributed by atoms with Gasteiger partial charge in [0, 0.05) is 11.8 Å². The molecule has 0 saturated carbocycles. The summed E-state index contributed by atoms with van der Waals surface area (Å²) >= 11 is 0. The summed E-state index contributed by atoms with van der Waals surface area (Å²) in [6, 6.07) is 1.46. The highest BCUT2D eigenvalue weighted by atomic mass is 19.4. The number of hydrogen-bond donors (Lipinski definition) is 3. The van der Waals surface area contributed by atoms with Crippen LogP contribution in [0.2, 0.25) is 0 Å². The van der Waals surface area contributed by atoms with E-state index >= 15 is 0 Å². The minimum Gasteiger partial charge on any atom is -0.321 e. The lowest BCUT2D eigenvalue weighted by Gasteiger charge is -2.14. The summed E-state index contributed by atoms with van der Waals surface area (Å²) in [7, 11) is 0. The minimum absolute atomic E-state index is 0.0617. The first-order valence-corrected chi connectivity index (χ1v) is 5.85. The number of amides is 1. The molecule has 0 fully saturated rings. The second-order valence-electron chi connectivity index (χ2n) is 4.42. The van der Waals surface area contributed by atoms with Crippen molar-refractivity contribution in [2.24, 2.45) is 0 Å². The summed E-state index contributed by atoms with van der Waals surface area (Å²) in [5.74, 6) is -1.07. The Morgan fingerprint density at radius 1 is 0.870 bits per heavy atom. The van der Waals surface area contributed by atoms with E-state index in [4.69, 9.17) is 0 Å². The lowest BCUT2D eigenvalue weighted by molar-refractivity contribution is -0.143. The number of benzene rings is 1. The first-order chi connectivity index (χ1) is 10.5. The van der Waals surface area contributed by atoms with Gasteiger partial charge < -0.3 is 5.32 Å². The molecule has 0 aliphatic heterocycles. The molecule has 11 heteroatoms. The molecule has 1 amide bonds. The zero-order valence-corrected chi connectivity index (χ0v) is 10.9. The Hall–Kier alpha value is -2.72. The summed E-state index contributed by atoms with van der Waals surface area (Å²) in [4.78, 5) is 22.5. The van der Waals surface area contributed by atoms with Crippen LogP contribution in [-0.2, 0) is 12.4 Å². The number of rotatable bonds is 2. The van der Waals surface area contributed by atoms with Gasteiger partial charge in [0.15, 0.2) is 0 Å². The van der Waals surface area contributed by atoms with Crippen molar-refractivity contribution in [1.29, 1.82) is 0 Å². The molecule has 5 nitrogen and oxygen atoms in total. The van der Waals surface area contributed by atoms with E-state index in [0.717, 1.165) is 6.07 Å². The fraction of sp³-hybridized carbons (Fsp3) is 0.167. The van der Waals surface area contributed by atoms with Crippen LogP contribution in [0.5, 0.6) is 0 Å². The van der Waals surface area contributed by atoms with E-state index in [0.29, 0.717) is 12.1 Å². The zero-order valence-electron chi connectivity index (χ0n) is 10.9. The van der Waals surface area contributed by atoms with Crippen molar-refractivity contribution in [2.45, 2.75) is 12.4 Å². The molecule has 3 N–H and O–H groups in total. The largest absolute Gasteiger partial charge is 0.416 e. The molecule has 1 aromatic carbocycles. The van der Waals surface area contributed by atoms with Crippen LogP contribution in [0.4, 0.5) is 32.0 Å². The predicted molar refractivity (Wildman–Crippen MR) is 65.8 cm³/mol. The van der Waals surface area contributed by atoms with Gasteiger partial charge in [0.25, 0.3) is 11.5 Å². The SMILES string of the molecule is O=C(Nc1cc(C(F)(F)F)cc(C(F)(F)F)c1)c1cc(=O)[nH][nH]1. The Kier molecular flexibility index (Phi) is 3.97. The number of alkyl halides is 6. The van der Waals surface area contributed by atoms with Crippen molar-refractivity contribution in [1.82, 2.24) is 10.2 Å². The van der Waals surface area contributed by atoms with Crippen LogP contribution in [0.25, 0.3) is 0 Å². The third-order valence-electron chi connectivity index (χ3n) is 2.69. The van der Waals surface area contributed by atoms with Crippen molar-refractivity contribution >= 4 is 11.6 Å². The van der Waals surface area contributed by atoms with Crippen LogP contribution in [-0.4, -0.2) is 16.1 Å². The highest BCUT2D eigenvalue weighted by Crippen LogP contribution is 2.37. The van der Waals surface area contributed by atoms with Crippen LogP contribution in [0, 0.1) is 0 Å². The molecule has 0 saturated heterocycles. The highest BCUT2D eigenvalue weighted by molar-refractivity contribution is 6.02. The summed E-state index contributed by atoms with van der Waals surface area (Å²) in [6.45, 7) is 0. The number of aromatic nitrogens is 2. The van der Waals surface area contributed by atoms with E-state index < -0.39 is 40.6 Å². The van der Waals surface area contributed by atoms with Gasteiger partial charge in [-0.2, -0.15) is 26.3 Å². The second-order valence-corrected chi connectivity index (χ2v) is 4.42. The molecule has 0 atom stereocenters. The van der Waals surface area contributed by atoms with Crippen molar-refractivity contribution in [3.63, 3.8) is 0 Å². The summed E-state index contributed by atoms with van der Waals surface area (Å²) in [5.41, 5.74) is -4.87. The molecular weight excluding hydrogens is 332 g/mol. The van der Waals surface area contributed by atoms with E-state index in [9.17, 15) is 35.9 Å². The topological polar surface area (TPSA) is 77.8 Å². The molecule has 0 bridgehead atoms. The van der Waals surface area contributed by atoms with Gasteiger partial charge in [0.05, 0.1) is 11.1 Å². The number of nitrogens with one attached hydrogen (secondary N) is 3. The Balaban J connectivity index is 2.41. The molecule has 0 spiro atoms. The molecule has 1 heterocycles. The third-order valence-corrected chi connectivity index (χ3v) is 2.69. The summed E-state index contributed by atoms with van der Waals surface area (Å²) in [6.07, 6.45) is -10.0. The number of halogens is 6. The molecule has 124 valence electrons. The lowest BCUT2D eigenvalue weighted by Crippen LogP contribution is -2.16. The molecule has 2 rings (SSSR count). The van der Waals surface area contributed by atoms with Gasteiger partial charge in [0.1, 0.15) is 5.69 Å². The van der Waals surface area contributed by atoms with Crippen LogP contribution < -0.4 is 10.9 Å². The zero-order chi connectivity index (χ0) is 17.4. The van der Waals surface area contributed by atoms with Gasteiger partial charge in [-0.15, -0.1) is 0 Å². The van der Waals surface area contributed by atoms with Crippen molar-refractivity contribution in [3.05, 3.63) is 51.4 Å². The smallest absolute Gasteiger partial charge is 0.321 e. The summed E-state index contributed by atoms with van der Waals surface area (Å²) in [5, 5.41) is 5.99. The molecule has 0 radical (unpaired) electrons. The normalized spacial score (nSPS) is 12.3. The fourth-order valence-corrected chi connectivity index (χ4v) is 1.68. The molecule has 2 aromatic rings. The lowest BCUT2D eigenvalue weighted by atomic mass is 10.1. The minimum atomic E-state index is -5.02. The molecule has 0 aliphatic carbocycles. The second kappa shape index (κ2) is 5.48. The van der Waals surface area contributed by atoms with Crippen LogP contribution in [0.3, 0.4) is 0 Å². The Morgan fingerprint density at radius 3 is 1.78 bits per heavy atom. The predicted octanol–water partition coefficient (Wildman–Crippen LogP) is 2.99.